The molecule has 5 nitrogen and oxygen atoms in total. The summed E-state index contributed by atoms with van der Waals surface area (Å²) < 4.78 is 10.9. The summed E-state index contributed by atoms with van der Waals surface area (Å²) in [6, 6.07) is 0. The predicted octanol–water partition coefficient (Wildman–Crippen LogP) is 1.15. The van der Waals surface area contributed by atoms with Crippen LogP contribution in [-0.4, -0.2) is 51.5 Å². The smallest absolute Gasteiger partial charge is 0.191 e. The van der Waals surface area contributed by atoms with Gasteiger partial charge in [0.15, 0.2) is 5.96 Å². The van der Waals surface area contributed by atoms with Gasteiger partial charge in [0.05, 0.1) is 11.7 Å². The average molecular weight is 257 g/mol. The Balaban J connectivity index is 2.17. The van der Waals surface area contributed by atoms with Crippen LogP contribution in [-0.2, 0) is 9.47 Å². The van der Waals surface area contributed by atoms with E-state index >= 15 is 0 Å². The summed E-state index contributed by atoms with van der Waals surface area (Å²) in [4.78, 5) is 4.19. The van der Waals surface area contributed by atoms with E-state index in [9.17, 15) is 0 Å². The van der Waals surface area contributed by atoms with Crippen molar-refractivity contribution in [3.63, 3.8) is 0 Å². The normalized spacial score (nSPS) is 21.1. The topological polar surface area (TPSA) is 54.9 Å². The maximum atomic E-state index is 5.58. The number of hydrogen-bond donors (Lipinski definition) is 2. The molecule has 1 heterocycles. The lowest BCUT2D eigenvalue weighted by Gasteiger charge is -2.24. The van der Waals surface area contributed by atoms with Crippen LogP contribution >= 0.6 is 0 Å². The number of nitrogens with zero attached hydrogens (tertiary/aromatic N) is 1. The number of rotatable bonds is 6. The van der Waals surface area contributed by atoms with Crippen LogP contribution in [0.1, 0.15) is 33.1 Å². The largest absolute Gasteiger partial charge is 0.378 e. The first-order valence-electron chi connectivity index (χ1n) is 6.68. The molecule has 1 saturated heterocycles. The second-order valence-electron chi connectivity index (χ2n) is 5.24. The fraction of sp³-hybridized carbons (Fsp3) is 0.923. The van der Waals surface area contributed by atoms with E-state index in [1.807, 2.05) is 13.8 Å². The maximum absolute atomic E-state index is 5.58. The second-order valence-corrected chi connectivity index (χ2v) is 5.24. The third-order valence-electron chi connectivity index (χ3n) is 3.24. The molecular formula is C13H27N3O2. The maximum Gasteiger partial charge on any atom is 0.191 e. The molecule has 1 atom stereocenters. The van der Waals surface area contributed by atoms with Crippen molar-refractivity contribution in [2.24, 2.45) is 4.99 Å². The van der Waals surface area contributed by atoms with E-state index < -0.39 is 0 Å². The number of methoxy groups -OCH3 is 1. The van der Waals surface area contributed by atoms with Crippen LogP contribution in [0, 0.1) is 0 Å². The molecule has 0 aromatic rings. The molecule has 0 bridgehead atoms. The van der Waals surface area contributed by atoms with Gasteiger partial charge >= 0.3 is 0 Å². The molecule has 0 aromatic heterocycles. The Hall–Kier alpha value is -0.810. The molecule has 0 aliphatic carbocycles. The molecule has 5 heteroatoms. The van der Waals surface area contributed by atoms with Gasteiger partial charge in [-0.05, 0) is 33.1 Å². The van der Waals surface area contributed by atoms with E-state index in [-0.39, 0.29) is 5.60 Å². The first-order valence-corrected chi connectivity index (χ1v) is 6.68. The van der Waals surface area contributed by atoms with Gasteiger partial charge in [-0.1, -0.05) is 0 Å². The number of aliphatic imine (C=N–C) groups is 1. The van der Waals surface area contributed by atoms with Gasteiger partial charge < -0.3 is 20.1 Å². The molecule has 106 valence electrons. The van der Waals surface area contributed by atoms with E-state index in [4.69, 9.17) is 9.47 Å². The summed E-state index contributed by atoms with van der Waals surface area (Å²) in [5, 5.41) is 6.56. The summed E-state index contributed by atoms with van der Waals surface area (Å²) in [5.41, 5.74) is -0.188. The number of nitrogens with one attached hydrogen (secondary N) is 2. The minimum Gasteiger partial charge on any atom is -0.378 e. The molecule has 2 N–H and O–H groups in total. The van der Waals surface area contributed by atoms with Crippen molar-refractivity contribution in [1.29, 1.82) is 0 Å². The van der Waals surface area contributed by atoms with Crippen LogP contribution in [0.15, 0.2) is 4.99 Å². The van der Waals surface area contributed by atoms with Crippen molar-refractivity contribution in [2.75, 3.05) is 33.9 Å². The van der Waals surface area contributed by atoms with Gasteiger partial charge in [0.2, 0.25) is 0 Å². The highest BCUT2D eigenvalue weighted by atomic mass is 16.5. The Morgan fingerprint density at radius 3 is 2.78 bits per heavy atom. The Labute approximate surface area is 110 Å². The zero-order chi connectivity index (χ0) is 13.4. The van der Waals surface area contributed by atoms with Gasteiger partial charge in [-0.2, -0.15) is 0 Å². The molecule has 1 aliphatic heterocycles. The zero-order valence-electron chi connectivity index (χ0n) is 12.1. The minimum absolute atomic E-state index is 0.188. The third-order valence-corrected chi connectivity index (χ3v) is 3.24. The first kappa shape index (κ1) is 15.2. The average Bonchev–Trinajstić information content (AvgIpc) is 2.86. The lowest BCUT2D eigenvalue weighted by atomic mass is 10.1. The van der Waals surface area contributed by atoms with E-state index in [1.54, 1.807) is 14.2 Å². The fourth-order valence-corrected chi connectivity index (χ4v) is 1.81. The Kier molecular flexibility index (Phi) is 6.43. The highest BCUT2D eigenvalue weighted by molar-refractivity contribution is 5.79. The number of hydrogen-bond acceptors (Lipinski definition) is 3. The third kappa shape index (κ3) is 5.69. The van der Waals surface area contributed by atoms with Gasteiger partial charge in [-0.15, -0.1) is 0 Å². The molecule has 0 spiro atoms. The summed E-state index contributed by atoms with van der Waals surface area (Å²) in [6.45, 7) is 6.61. The molecule has 18 heavy (non-hydrogen) atoms. The molecule has 0 saturated carbocycles. The quantitative estimate of drug-likeness (QED) is 0.553. The van der Waals surface area contributed by atoms with E-state index in [2.05, 4.69) is 15.6 Å². The molecule has 1 aliphatic rings. The molecule has 0 amide bonds. The van der Waals surface area contributed by atoms with E-state index in [0.717, 1.165) is 32.1 Å². The standard InChI is InChI=1S/C13H27N3O2/c1-13(2,17-4)10-16-12(14-3)15-8-7-11-6-5-9-18-11/h11H,5-10H2,1-4H3,(H2,14,15,16). The fourth-order valence-electron chi connectivity index (χ4n) is 1.81. The lowest BCUT2D eigenvalue weighted by molar-refractivity contribution is 0.0268. The molecule has 1 fully saturated rings. The van der Waals surface area contributed by atoms with Gasteiger partial charge in [0.1, 0.15) is 0 Å². The monoisotopic (exact) mass is 257 g/mol. The Bertz CT molecular complexity index is 261. The molecule has 0 radical (unpaired) electrons. The second kappa shape index (κ2) is 7.59. The molecule has 1 rings (SSSR count). The zero-order valence-corrected chi connectivity index (χ0v) is 12.1. The number of guanidine groups is 1. The predicted molar refractivity (Wildman–Crippen MR) is 74.0 cm³/mol. The van der Waals surface area contributed by atoms with Crippen LogP contribution in [0.5, 0.6) is 0 Å². The van der Waals surface area contributed by atoms with Gasteiger partial charge in [0.25, 0.3) is 0 Å². The molecule has 1 unspecified atom stereocenters. The van der Waals surface area contributed by atoms with Crippen molar-refractivity contribution >= 4 is 5.96 Å². The van der Waals surface area contributed by atoms with Crippen LogP contribution in [0.4, 0.5) is 0 Å². The van der Waals surface area contributed by atoms with Gasteiger partial charge in [-0.3, -0.25) is 4.99 Å². The van der Waals surface area contributed by atoms with Crippen LogP contribution in [0.3, 0.4) is 0 Å². The minimum atomic E-state index is -0.188. The summed E-state index contributed by atoms with van der Waals surface area (Å²) in [7, 11) is 3.50. The Morgan fingerprint density at radius 1 is 1.44 bits per heavy atom. The summed E-state index contributed by atoms with van der Waals surface area (Å²) >= 11 is 0. The summed E-state index contributed by atoms with van der Waals surface area (Å²) in [5.74, 6) is 0.818. The SMILES string of the molecule is CN=C(NCCC1CCCO1)NCC(C)(C)OC. The molecular weight excluding hydrogens is 230 g/mol. The highest BCUT2D eigenvalue weighted by Crippen LogP contribution is 2.14. The van der Waals surface area contributed by atoms with Crippen molar-refractivity contribution in [2.45, 2.75) is 44.8 Å². The van der Waals surface area contributed by atoms with Crippen LogP contribution in [0.2, 0.25) is 0 Å². The number of ether oxygens (including phenoxy) is 2. The van der Waals surface area contributed by atoms with Crippen molar-refractivity contribution < 1.29 is 9.47 Å². The highest BCUT2D eigenvalue weighted by Gasteiger charge is 2.17. The van der Waals surface area contributed by atoms with Crippen molar-refractivity contribution in [3.8, 4) is 0 Å². The van der Waals surface area contributed by atoms with Gasteiger partial charge in [-0.25, -0.2) is 0 Å². The summed E-state index contributed by atoms with van der Waals surface area (Å²) in [6.07, 6.45) is 3.84. The van der Waals surface area contributed by atoms with Gasteiger partial charge in [0, 0.05) is 33.9 Å². The van der Waals surface area contributed by atoms with Crippen molar-refractivity contribution in [1.82, 2.24) is 10.6 Å². The van der Waals surface area contributed by atoms with Crippen LogP contribution < -0.4 is 10.6 Å². The lowest BCUT2D eigenvalue weighted by Crippen LogP contribution is -2.45. The molecule has 0 aromatic carbocycles. The first-order chi connectivity index (χ1) is 8.57. The van der Waals surface area contributed by atoms with E-state index in [1.165, 1.54) is 12.8 Å². The van der Waals surface area contributed by atoms with Crippen molar-refractivity contribution in [3.05, 3.63) is 0 Å². The Morgan fingerprint density at radius 2 is 2.22 bits per heavy atom. The van der Waals surface area contributed by atoms with E-state index in [0.29, 0.717) is 6.10 Å². The van der Waals surface area contributed by atoms with Crippen LogP contribution in [0.25, 0.3) is 0 Å².